The minimum atomic E-state index is -4.47. The van der Waals surface area contributed by atoms with E-state index in [-0.39, 0.29) is 12.0 Å². The van der Waals surface area contributed by atoms with Crippen LogP contribution >= 0.6 is 0 Å². The number of ether oxygens (including phenoxy) is 1. The Labute approximate surface area is 154 Å². The molecule has 1 fully saturated rings. The predicted molar refractivity (Wildman–Crippen MR) is 93.1 cm³/mol. The number of alkyl halides is 3. The number of aryl methyl sites for hydroxylation is 1. The molecule has 1 aliphatic rings. The highest BCUT2D eigenvalue weighted by Gasteiger charge is 2.48. The molecule has 142 valence electrons. The Hall–Kier alpha value is -2.83. The van der Waals surface area contributed by atoms with E-state index < -0.39 is 42.1 Å². The zero-order chi connectivity index (χ0) is 19.6. The highest BCUT2D eigenvalue weighted by molar-refractivity contribution is 5.93. The minimum Gasteiger partial charge on any atom is -0.455 e. The summed E-state index contributed by atoms with van der Waals surface area (Å²) in [5, 5.41) is 2.59. The largest absolute Gasteiger partial charge is 0.455 e. The van der Waals surface area contributed by atoms with Crippen LogP contribution in [0.3, 0.4) is 0 Å². The van der Waals surface area contributed by atoms with Gasteiger partial charge in [-0.15, -0.1) is 0 Å². The van der Waals surface area contributed by atoms with E-state index in [2.05, 4.69) is 5.32 Å². The summed E-state index contributed by atoms with van der Waals surface area (Å²) >= 11 is 0. The number of rotatable bonds is 5. The maximum absolute atomic E-state index is 13.1. The molecule has 4 nitrogen and oxygen atoms in total. The number of anilines is 1. The molecule has 0 spiro atoms. The van der Waals surface area contributed by atoms with Gasteiger partial charge in [0.15, 0.2) is 6.61 Å². The third kappa shape index (κ3) is 4.67. The van der Waals surface area contributed by atoms with E-state index >= 15 is 0 Å². The first kappa shape index (κ1) is 18.9. The standard InChI is InChI=1S/C20H18F3NO3/c1-12-6-8-13(9-7-12)24-18(25)11-27-19(26)16-10-15(16)14-4-2-3-5-17(14)20(21,22)23/h2-9,15-16H,10-11H2,1H3,(H,24,25). The zero-order valence-electron chi connectivity index (χ0n) is 14.5. The van der Waals surface area contributed by atoms with Gasteiger partial charge in [-0.05, 0) is 43.0 Å². The van der Waals surface area contributed by atoms with Crippen molar-refractivity contribution in [3.8, 4) is 0 Å². The van der Waals surface area contributed by atoms with Gasteiger partial charge in [0, 0.05) is 5.69 Å². The van der Waals surface area contributed by atoms with Crippen LogP contribution in [0.5, 0.6) is 0 Å². The average Bonchev–Trinajstić information content (AvgIpc) is 3.42. The lowest BCUT2D eigenvalue weighted by Gasteiger charge is -2.12. The van der Waals surface area contributed by atoms with Crippen molar-refractivity contribution < 1.29 is 27.5 Å². The molecule has 7 heteroatoms. The molecule has 2 aromatic rings. The van der Waals surface area contributed by atoms with E-state index in [0.717, 1.165) is 11.6 Å². The van der Waals surface area contributed by atoms with E-state index in [9.17, 15) is 22.8 Å². The lowest BCUT2D eigenvalue weighted by atomic mass is 10.0. The first-order valence-corrected chi connectivity index (χ1v) is 8.45. The van der Waals surface area contributed by atoms with Gasteiger partial charge < -0.3 is 10.1 Å². The Bertz CT molecular complexity index is 846. The molecule has 1 amide bonds. The van der Waals surface area contributed by atoms with Crippen molar-refractivity contribution in [1.29, 1.82) is 0 Å². The van der Waals surface area contributed by atoms with Gasteiger partial charge in [0.1, 0.15) is 0 Å². The number of nitrogens with one attached hydrogen (secondary N) is 1. The van der Waals surface area contributed by atoms with Gasteiger partial charge in [-0.2, -0.15) is 13.2 Å². The third-order valence-electron chi connectivity index (χ3n) is 4.44. The molecule has 1 saturated carbocycles. The summed E-state index contributed by atoms with van der Waals surface area (Å²) in [4.78, 5) is 23.9. The van der Waals surface area contributed by atoms with E-state index in [1.54, 1.807) is 12.1 Å². The summed E-state index contributed by atoms with van der Waals surface area (Å²) < 4.78 is 44.2. The quantitative estimate of drug-likeness (QED) is 0.791. The second-order valence-corrected chi connectivity index (χ2v) is 6.56. The highest BCUT2D eigenvalue weighted by Crippen LogP contribution is 2.51. The average molecular weight is 377 g/mol. The van der Waals surface area contributed by atoms with Crippen molar-refractivity contribution in [3.05, 3.63) is 65.2 Å². The Morgan fingerprint density at radius 2 is 1.78 bits per heavy atom. The van der Waals surface area contributed by atoms with Crippen molar-refractivity contribution in [3.63, 3.8) is 0 Å². The van der Waals surface area contributed by atoms with Crippen LogP contribution in [0, 0.1) is 12.8 Å². The fraction of sp³-hybridized carbons (Fsp3) is 0.300. The van der Waals surface area contributed by atoms with Gasteiger partial charge in [0.25, 0.3) is 5.91 Å². The van der Waals surface area contributed by atoms with Crippen LogP contribution in [0.2, 0.25) is 0 Å². The number of hydrogen-bond donors (Lipinski definition) is 1. The Morgan fingerprint density at radius 1 is 1.11 bits per heavy atom. The van der Waals surface area contributed by atoms with Crippen molar-refractivity contribution in [2.45, 2.75) is 25.4 Å². The maximum Gasteiger partial charge on any atom is 0.416 e. The number of carbonyl (C=O) groups is 2. The summed E-state index contributed by atoms with van der Waals surface area (Å²) in [6.07, 6.45) is -4.19. The number of halogens is 3. The molecular weight excluding hydrogens is 359 g/mol. The summed E-state index contributed by atoms with van der Waals surface area (Å²) in [6, 6.07) is 12.3. The summed E-state index contributed by atoms with van der Waals surface area (Å²) in [6.45, 7) is 1.44. The molecule has 0 heterocycles. The molecule has 0 aromatic heterocycles. The van der Waals surface area contributed by atoms with Crippen LogP contribution in [-0.4, -0.2) is 18.5 Å². The predicted octanol–water partition coefficient (Wildman–Crippen LogP) is 4.30. The van der Waals surface area contributed by atoms with Gasteiger partial charge in [0.05, 0.1) is 11.5 Å². The van der Waals surface area contributed by atoms with Crippen LogP contribution in [0.25, 0.3) is 0 Å². The number of amides is 1. The molecule has 2 atom stereocenters. The molecule has 2 unspecified atom stereocenters. The van der Waals surface area contributed by atoms with Crippen LogP contribution < -0.4 is 5.32 Å². The summed E-state index contributed by atoms with van der Waals surface area (Å²) in [5.41, 5.74) is 0.974. The van der Waals surface area contributed by atoms with Crippen molar-refractivity contribution >= 4 is 17.6 Å². The van der Waals surface area contributed by atoms with Gasteiger partial charge in [-0.3, -0.25) is 9.59 Å². The maximum atomic E-state index is 13.1. The SMILES string of the molecule is Cc1ccc(NC(=O)COC(=O)C2CC2c2ccccc2C(F)(F)F)cc1. The molecule has 0 bridgehead atoms. The van der Waals surface area contributed by atoms with E-state index in [1.165, 1.54) is 18.2 Å². The number of benzene rings is 2. The van der Waals surface area contributed by atoms with Gasteiger partial charge in [-0.25, -0.2) is 0 Å². The van der Waals surface area contributed by atoms with E-state index in [1.807, 2.05) is 19.1 Å². The van der Waals surface area contributed by atoms with E-state index in [4.69, 9.17) is 4.74 Å². The van der Waals surface area contributed by atoms with Crippen LogP contribution in [0.4, 0.5) is 18.9 Å². The van der Waals surface area contributed by atoms with Crippen LogP contribution in [0.15, 0.2) is 48.5 Å². The molecule has 0 aliphatic heterocycles. The lowest BCUT2D eigenvalue weighted by molar-refractivity contribution is -0.149. The first-order valence-electron chi connectivity index (χ1n) is 8.45. The molecule has 1 aliphatic carbocycles. The Balaban J connectivity index is 1.53. The normalized spacial score (nSPS) is 18.7. The Morgan fingerprint density at radius 3 is 2.44 bits per heavy atom. The molecule has 2 aromatic carbocycles. The second-order valence-electron chi connectivity index (χ2n) is 6.56. The second kappa shape index (κ2) is 7.42. The molecular formula is C20H18F3NO3. The topological polar surface area (TPSA) is 55.4 Å². The van der Waals surface area contributed by atoms with Gasteiger partial charge in [-0.1, -0.05) is 35.9 Å². The van der Waals surface area contributed by atoms with E-state index in [0.29, 0.717) is 5.69 Å². The smallest absolute Gasteiger partial charge is 0.416 e. The first-order chi connectivity index (χ1) is 12.8. The van der Waals surface area contributed by atoms with Crippen molar-refractivity contribution in [2.75, 3.05) is 11.9 Å². The fourth-order valence-corrected chi connectivity index (χ4v) is 2.96. The monoisotopic (exact) mass is 377 g/mol. The fourth-order valence-electron chi connectivity index (χ4n) is 2.96. The van der Waals surface area contributed by atoms with Gasteiger partial charge in [0.2, 0.25) is 0 Å². The summed E-state index contributed by atoms with van der Waals surface area (Å²) in [7, 11) is 0. The summed E-state index contributed by atoms with van der Waals surface area (Å²) in [5.74, 6) is -2.34. The number of carbonyl (C=O) groups excluding carboxylic acids is 2. The Kier molecular flexibility index (Phi) is 5.21. The molecule has 27 heavy (non-hydrogen) atoms. The van der Waals surface area contributed by atoms with Crippen LogP contribution in [0.1, 0.15) is 29.0 Å². The molecule has 0 saturated heterocycles. The van der Waals surface area contributed by atoms with Crippen LogP contribution in [-0.2, 0) is 20.5 Å². The molecule has 1 N–H and O–H groups in total. The van der Waals surface area contributed by atoms with Crippen molar-refractivity contribution in [2.24, 2.45) is 5.92 Å². The molecule has 0 radical (unpaired) electrons. The lowest BCUT2D eigenvalue weighted by Crippen LogP contribution is -2.21. The minimum absolute atomic E-state index is 0.0936. The molecule has 3 rings (SSSR count). The number of esters is 1. The number of hydrogen-bond acceptors (Lipinski definition) is 3. The highest BCUT2D eigenvalue weighted by atomic mass is 19.4. The van der Waals surface area contributed by atoms with Gasteiger partial charge >= 0.3 is 12.1 Å². The third-order valence-corrected chi connectivity index (χ3v) is 4.44. The van der Waals surface area contributed by atoms with Crippen molar-refractivity contribution in [1.82, 2.24) is 0 Å². The zero-order valence-corrected chi connectivity index (χ0v) is 14.5.